The van der Waals surface area contributed by atoms with E-state index in [9.17, 15) is 22.4 Å². The number of aryl methyl sites for hydroxylation is 1. The Hall–Kier alpha value is -3.73. The van der Waals surface area contributed by atoms with Gasteiger partial charge < -0.3 is 14.5 Å². The quantitative estimate of drug-likeness (QED) is 0.227. The van der Waals surface area contributed by atoms with Crippen LogP contribution in [0.1, 0.15) is 46.3 Å². The van der Waals surface area contributed by atoms with Gasteiger partial charge in [0.15, 0.2) is 0 Å². The number of carbonyl (C=O) groups is 1. The van der Waals surface area contributed by atoms with Gasteiger partial charge in [0.25, 0.3) is 5.91 Å². The molecule has 1 fully saturated rings. The molecular formula is C29H24BrF5N4O. The molecule has 11 heteroatoms. The lowest BCUT2D eigenvalue weighted by molar-refractivity contribution is -0.137. The maximum Gasteiger partial charge on any atom is 0.417 e. The van der Waals surface area contributed by atoms with E-state index in [-0.39, 0.29) is 12.2 Å². The Morgan fingerprint density at radius 2 is 1.80 bits per heavy atom. The van der Waals surface area contributed by atoms with Crippen LogP contribution in [0.5, 0.6) is 0 Å². The molecule has 0 radical (unpaired) electrons. The van der Waals surface area contributed by atoms with Gasteiger partial charge >= 0.3 is 6.18 Å². The highest BCUT2D eigenvalue weighted by Crippen LogP contribution is 2.43. The van der Waals surface area contributed by atoms with Crippen molar-refractivity contribution in [3.63, 3.8) is 0 Å². The molecule has 0 spiro atoms. The van der Waals surface area contributed by atoms with Crippen molar-refractivity contribution in [3.05, 3.63) is 111 Å². The maximum atomic E-state index is 16.1. The smallest absolute Gasteiger partial charge is 0.342 e. The fourth-order valence-corrected chi connectivity index (χ4v) is 5.46. The predicted octanol–water partition coefficient (Wildman–Crippen LogP) is 6.89. The van der Waals surface area contributed by atoms with E-state index in [4.69, 9.17) is 5.41 Å². The largest absolute Gasteiger partial charge is 0.417 e. The van der Waals surface area contributed by atoms with Crippen LogP contribution in [0.2, 0.25) is 0 Å². The molecule has 1 amide bonds. The van der Waals surface area contributed by atoms with Crippen LogP contribution in [0.4, 0.5) is 22.0 Å². The van der Waals surface area contributed by atoms with E-state index in [0.29, 0.717) is 24.5 Å². The van der Waals surface area contributed by atoms with Gasteiger partial charge in [-0.1, -0.05) is 34.1 Å². The third-order valence-corrected chi connectivity index (χ3v) is 7.81. The monoisotopic (exact) mass is 618 g/mol. The number of carbonyl (C=O) groups excluding carboxylic acids is 1. The van der Waals surface area contributed by atoms with Gasteiger partial charge in [0, 0.05) is 29.5 Å². The number of hydrogen-bond donors (Lipinski definition) is 2. The first-order valence-corrected chi connectivity index (χ1v) is 13.2. The Morgan fingerprint density at radius 3 is 2.40 bits per heavy atom. The summed E-state index contributed by atoms with van der Waals surface area (Å²) >= 11 is 3.43. The average molecular weight is 619 g/mol. The molecule has 3 aromatic carbocycles. The number of aromatic nitrogens is 2. The summed E-state index contributed by atoms with van der Waals surface area (Å²) in [6.45, 7) is -0.00739. The first kappa shape index (κ1) is 27.8. The second-order valence-electron chi connectivity index (χ2n) is 9.95. The van der Waals surface area contributed by atoms with Crippen LogP contribution in [0.25, 0.3) is 11.1 Å². The van der Waals surface area contributed by atoms with Crippen LogP contribution in [-0.4, -0.2) is 15.0 Å². The molecule has 1 heterocycles. The van der Waals surface area contributed by atoms with Gasteiger partial charge in [-0.25, -0.2) is 8.78 Å². The van der Waals surface area contributed by atoms with Gasteiger partial charge in [-0.05, 0) is 72.4 Å². The summed E-state index contributed by atoms with van der Waals surface area (Å²) in [5, 5.41) is 11.1. The van der Waals surface area contributed by atoms with Gasteiger partial charge in [-0.15, -0.1) is 0 Å². The fourth-order valence-electron chi connectivity index (χ4n) is 5.06. The number of hydrogen-bond acceptors (Lipinski definition) is 2. The molecule has 2 N–H and O–H groups in total. The van der Waals surface area contributed by atoms with Crippen LogP contribution < -0.4 is 10.9 Å². The van der Waals surface area contributed by atoms with Crippen molar-refractivity contribution in [2.45, 2.75) is 37.5 Å². The molecule has 1 aliphatic rings. The number of nitrogens with one attached hydrogen (secondary N) is 2. The molecule has 5 rings (SSSR count). The Kier molecular flexibility index (Phi) is 7.20. The number of benzene rings is 3. The van der Waals surface area contributed by atoms with E-state index in [1.165, 1.54) is 21.3 Å². The highest BCUT2D eigenvalue weighted by atomic mass is 79.9. The first-order chi connectivity index (χ1) is 18.9. The number of imidazole rings is 1. The molecule has 1 aliphatic carbocycles. The zero-order valence-electron chi connectivity index (χ0n) is 21.2. The van der Waals surface area contributed by atoms with Crippen LogP contribution in [0.3, 0.4) is 0 Å². The standard InChI is InChI=1S/C29H24BrF5N4O/c1-38-10-11-39(27(38)36)16-17-12-22(21-7-6-20(31)15-24(21)29(33,34)35)25(32)23(13-17)26(40)37-28(8-3-9-28)18-4-2-5-19(30)14-18/h2,4-7,10-15,36H,3,8-9,16H2,1H3,(H,37,40). The maximum absolute atomic E-state index is 16.1. The second kappa shape index (κ2) is 10.3. The molecule has 5 nitrogen and oxygen atoms in total. The van der Waals surface area contributed by atoms with E-state index in [2.05, 4.69) is 21.2 Å². The topological polar surface area (TPSA) is 62.8 Å². The van der Waals surface area contributed by atoms with E-state index < -0.39 is 51.5 Å². The first-order valence-electron chi connectivity index (χ1n) is 12.4. The SMILES string of the molecule is Cn1ccn(Cc2cc(C(=O)NC3(c4cccc(Br)c4)CCC3)c(F)c(-c3ccc(F)cc3C(F)(F)F)c2)c1=N. The van der Waals surface area contributed by atoms with Crippen molar-refractivity contribution in [2.75, 3.05) is 0 Å². The van der Waals surface area contributed by atoms with E-state index in [0.717, 1.165) is 28.6 Å². The summed E-state index contributed by atoms with van der Waals surface area (Å²) in [4.78, 5) is 13.6. The van der Waals surface area contributed by atoms with Crippen molar-refractivity contribution in [1.29, 1.82) is 5.41 Å². The summed E-state index contributed by atoms with van der Waals surface area (Å²) in [5.74, 6) is -3.04. The minimum absolute atomic E-state index is 0.00739. The number of rotatable bonds is 6. The zero-order chi connectivity index (χ0) is 28.8. The number of alkyl halides is 3. The van der Waals surface area contributed by atoms with E-state index in [1.807, 2.05) is 24.3 Å². The average Bonchev–Trinajstić information content (AvgIpc) is 3.18. The van der Waals surface area contributed by atoms with E-state index in [1.54, 1.807) is 19.4 Å². The second-order valence-corrected chi connectivity index (χ2v) is 10.9. The molecule has 0 aliphatic heterocycles. The van der Waals surface area contributed by atoms with Crippen LogP contribution in [0, 0.1) is 17.0 Å². The minimum atomic E-state index is -4.97. The van der Waals surface area contributed by atoms with Crippen molar-refractivity contribution < 1.29 is 26.7 Å². The molecule has 1 aromatic heterocycles. The molecule has 0 atom stereocenters. The van der Waals surface area contributed by atoms with Crippen molar-refractivity contribution >= 4 is 21.8 Å². The zero-order valence-corrected chi connectivity index (χ0v) is 22.8. The van der Waals surface area contributed by atoms with Crippen LogP contribution in [0.15, 0.2) is 71.5 Å². The molecule has 40 heavy (non-hydrogen) atoms. The van der Waals surface area contributed by atoms with Gasteiger partial charge in [0.05, 0.1) is 23.2 Å². The third kappa shape index (κ3) is 5.22. The Labute approximate surface area is 234 Å². The lowest BCUT2D eigenvalue weighted by Gasteiger charge is -2.43. The lowest BCUT2D eigenvalue weighted by Crippen LogP contribution is -2.51. The normalized spacial score (nSPS) is 14.6. The molecular weight excluding hydrogens is 595 g/mol. The Bertz CT molecular complexity index is 1670. The summed E-state index contributed by atoms with van der Waals surface area (Å²) in [5.41, 5.74) is -2.39. The number of nitrogens with zero attached hydrogens (tertiary/aromatic N) is 2. The molecule has 4 aromatic rings. The molecule has 1 saturated carbocycles. The van der Waals surface area contributed by atoms with Crippen LogP contribution >= 0.6 is 15.9 Å². The van der Waals surface area contributed by atoms with Crippen molar-refractivity contribution in [3.8, 4) is 11.1 Å². The lowest BCUT2D eigenvalue weighted by atomic mass is 9.71. The summed E-state index contributed by atoms with van der Waals surface area (Å²) in [6, 6.07) is 11.9. The van der Waals surface area contributed by atoms with Gasteiger partial charge in [-0.3, -0.25) is 10.2 Å². The third-order valence-electron chi connectivity index (χ3n) is 7.32. The number of halogens is 6. The van der Waals surface area contributed by atoms with Crippen molar-refractivity contribution in [1.82, 2.24) is 14.5 Å². The summed E-state index contributed by atoms with van der Waals surface area (Å²) in [7, 11) is 1.65. The Balaban J connectivity index is 1.64. The van der Waals surface area contributed by atoms with Gasteiger partial charge in [0.2, 0.25) is 5.62 Å². The minimum Gasteiger partial charge on any atom is -0.342 e. The molecule has 0 unspecified atom stereocenters. The highest BCUT2D eigenvalue weighted by molar-refractivity contribution is 9.10. The molecule has 0 saturated heterocycles. The van der Waals surface area contributed by atoms with Gasteiger partial charge in [0.1, 0.15) is 11.6 Å². The van der Waals surface area contributed by atoms with Crippen LogP contribution in [-0.2, 0) is 25.3 Å². The summed E-state index contributed by atoms with van der Waals surface area (Å²) < 4.78 is 75.5. The Morgan fingerprint density at radius 1 is 1.05 bits per heavy atom. The van der Waals surface area contributed by atoms with Gasteiger partial charge in [-0.2, -0.15) is 13.2 Å². The summed E-state index contributed by atoms with van der Waals surface area (Å²) in [6.07, 6.45) is 0.313. The fraction of sp³-hybridized carbons (Fsp3) is 0.241. The molecule has 208 valence electrons. The highest BCUT2D eigenvalue weighted by Gasteiger charge is 2.41. The number of amides is 1. The molecule has 0 bridgehead atoms. The van der Waals surface area contributed by atoms with E-state index >= 15 is 4.39 Å². The predicted molar refractivity (Wildman–Crippen MR) is 142 cm³/mol. The van der Waals surface area contributed by atoms with Crippen molar-refractivity contribution in [2.24, 2.45) is 7.05 Å².